The van der Waals surface area contributed by atoms with Crippen molar-refractivity contribution in [2.45, 2.75) is 38.8 Å². The minimum absolute atomic E-state index is 0.000929. The molecule has 1 N–H and O–H groups in total. The van der Waals surface area contributed by atoms with Crippen LogP contribution in [0.4, 0.5) is 5.95 Å². The van der Waals surface area contributed by atoms with Crippen molar-refractivity contribution in [2.24, 2.45) is 0 Å². The number of hydrogen-bond donors (Lipinski definition) is 1. The largest absolute Gasteiger partial charge is 0.381 e. The fourth-order valence-electron chi connectivity index (χ4n) is 3.26. The van der Waals surface area contributed by atoms with Crippen LogP contribution in [0, 0.1) is 0 Å². The molecule has 1 aliphatic heterocycles. The average molecular weight is 380 g/mol. The lowest BCUT2D eigenvalue weighted by Crippen LogP contribution is -2.28. The van der Waals surface area contributed by atoms with Crippen LogP contribution in [0.15, 0.2) is 47.9 Å². The van der Waals surface area contributed by atoms with Gasteiger partial charge in [0.2, 0.25) is 5.95 Å². The van der Waals surface area contributed by atoms with Crippen LogP contribution < -0.4 is 10.9 Å². The van der Waals surface area contributed by atoms with Gasteiger partial charge in [0.25, 0.3) is 5.56 Å². The van der Waals surface area contributed by atoms with Crippen LogP contribution in [0.3, 0.4) is 0 Å². The van der Waals surface area contributed by atoms with Crippen molar-refractivity contribution in [1.29, 1.82) is 0 Å². The number of nitrogens with zero attached hydrogens (tertiary/aromatic N) is 5. The van der Waals surface area contributed by atoms with E-state index >= 15 is 0 Å². The fourth-order valence-corrected chi connectivity index (χ4v) is 3.26. The molecular formula is C20H24N6O2. The van der Waals surface area contributed by atoms with E-state index in [0.717, 1.165) is 49.3 Å². The van der Waals surface area contributed by atoms with Crippen LogP contribution in [0.2, 0.25) is 0 Å². The maximum absolute atomic E-state index is 11.9. The van der Waals surface area contributed by atoms with Gasteiger partial charge in [-0.1, -0.05) is 6.92 Å². The molecule has 0 aromatic carbocycles. The molecule has 0 bridgehead atoms. The van der Waals surface area contributed by atoms with Crippen LogP contribution in [0.5, 0.6) is 0 Å². The highest BCUT2D eigenvalue weighted by atomic mass is 16.5. The Bertz CT molecular complexity index is 973. The van der Waals surface area contributed by atoms with Gasteiger partial charge in [-0.15, -0.1) is 0 Å². The minimum Gasteiger partial charge on any atom is -0.381 e. The Morgan fingerprint density at radius 2 is 1.89 bits per heavy atom. The van der Waals surface area contributed by atoms with E-state index in [9.17, 15) is 4.79 Å². The van der Waals surface area contributed by atoms with Gasteiger partial charge in [-0.25, -0.2) is 14.6 Å². The van der Waals surface area contributed by atoms with E-state index in [2.05, 4.69) is 20.4 Å². The second-order valence-corrected chi connectivity index (χ2v) is 6.92. The number of aromatic nitrogens is 5. The topological polar surface area (TPSA) is 86.9 Å². The smallest absolute Gasteiger partial charge is 0.250 e. The Kier molecular flexibility index (Phi) is 5.48. The van der Waals surface area contributed by atoms with Gasteiger partial charge in [0.15, 0.2) is 0 Å². The molecule has 28 heavy (non-hydrogen) atoms. The molecule has 3 aromatic heterocycles. The maximum Gasteiger partial charge on any atom is 0.250 e. The predicted octanol–water partition coefficient (Wildman–Crippen LogP) is 2.49. The van der Waals surface area contributed by atoms with Gasteiger partial charge in [-0.05, 0) is 25.3 Å². The Morgan fingerprint density at radius 3 is 2.64 bits per heavy atom. The normalized spacial score (nSPS) is 14.9. The van der Waals surface area contributed by atoms with E-state index in [4.69, 9.17) is 4.74 Å². The van der Waals surface area contributed by atoms with Crippen molar-refractivity contribution in [1.82, 2.24) is 24.3 Å². The predicted molar refractivity (Wildman–Crippen MR) is 107 cm³/mol. The Hall–Kier alpha value is -3.00. The number of nitrogens with one attached hydrogen (secondary N) is 1. The van der Waals surface area contributed by atoms with Crippen molar-refractivity contribution in [2.75, 3.05) is 18.5 Å². The molecule has 0 amide bonds. The maximum atomic E-state index is 11.9. The van der Waals surface area contributed by atoms with Crippen LogP contribution in [0.1, 0.15) is 26.2 Å². The highest BCUT2D eigenvalue weighted by Gasteiger charge is 2.14. The van der Waals surface area contributed by atoms with Crippen LogP contribution in [-0.2, 0) is 11.3 Å². The summed E-state index contributed by atoms with van der Waals surface area (Å²) < 4.78 is 8.84. The summed E-state index contributed by atoms with van der Waals surface area (Å²) in [7, 11) is 0. The van der Waals surface area contributed by atoms with Crippen molar-refractivity contribution < 1.29 is 4.74 Å². The summed E-state index contributed by atoms with van der Waals surface area (Å²) in [5.41, 5.74) is 2.66. The van der Waals surface area contributed by atoms with Crippen molar-refractivity contribution in [3.63, 3.8) is 0 Å². The first-order chi connectivity index (χ1) is 13.7. The Morgan fingerprint density at radius 1 is 1.11 bits per heavy atom. The lowest BCUT2D eigenvalue weighted by Gasteiger charge is -2.22. The van der Waals surface area contributed by atoms with Gasteiger partial charge in [-0.3, -0.25) is 4.79 Å². The minimum atomic E-state index is -0.000929. The van der Waals surface area contributed by atoms with E-state index < -0.39 is 0 Å². The number of hydrogen-bond acceptors (Lipinski definition) is 6. The van der Waals surface area contributed by atoms with Gasteiger partial charge in [0.05, 0.1) is 11.9 Å². The molecule has 0 saturated carbocycles. The molecule has 3 aromatic rings. The molecule has 8 heteroatoms. The number of anilines is 1. The molecule has 1 saturated heterocycles. The highest BCUT2D eigenvalue weighted by molar-refractivity contribution is 5.60. The molecule has 1 fully saturated rings. The zero-order chi connectivity index (χ0) is 19.3. The number of ether oxygens (including phenoxy) is 1. The van der Waals surface area contributed by atoms with Gasteiger partial charge in [0.1, 0.15) is 0 Å². The van der Waals surface area contributed by atoms with Crippen LogP contribution >= 0.6 is 0 Å². The van der Waals surface area contributed by atoms with Gasteiger partial charge < -0.3 is 14.6 Å². The first-order valence-electron chi connectivity index (χ1n) is 9.65. The summed E-state index contributed by atoms with van der Waals surface area (Å²) in [6, 6.07) is 3.72. The molecule has 4 heterocycles. The van der Waals surface area contributed by atoms with Gasteiger partial charge in [-0.2, -0.15) is 5.10 Å². The van der Waals surface area contributed by atoms with Crippen molar-refractivity contribution in [3.8, 4) is 16.8 Å². The quantitative estimate of drug-likeness (QED) is 0.707. The third-order valence-electron chi connectivity index (χ3n) is 4.82. The monoisotopic (exact) mass is 380 g/mol. The third kappa shape index (κ3) is 4.12. The molecule has 0 unspecified atom stereocenters. The average Bonchev–Trinajstić information content (AvgIpc) is 3.21. The summed E-state index contributed by atoms with van der Waals surface area (Å²) in [6.07, 6.45) is 12.0. The molecule has 4 rings (SSSR count). The second-order valence-electron chi connectivity index (χ2n) is 6.92. The number of pyridine rings is 1. The van der Waals surface area contributed by atoms with Crippen LogP contribution in [0.25, 0.3) is 16.8 Å². The molecule has 146 valence electrons. The first kappa shape index (κ1) is 18.4. The van der Waals surface area contributed by atoms with E-state index in [1.165, 1.54) is 0 Å². The second kappa shape index (κ2) is 8.35. The molecule has 1 aliphatic rings. The van der Waals surface area contributed by atoms with Gasteiger partial charge >= 0.3 is 0 Å². The van der Waals surface area contributed by atoms with E-state index in [1.54, 1.807) is 40.0 Å². The summed E-state index contributed by atoms with van der Waals surface area (Å²) in [6.45, 7) is 4.29. The lowest BCUT2D eigenvalue weighted by molar-refractivity contribution is 0.0903. The first-order valence-corrected chi connectivity index (χ1v) is 9.65. The van der Waals surface area contributed by atoms with Gasteiger partial charge in [0, 0.05) is 67.8 Å². The Labute approximate surface area is 163 Å². The molecular weight excluding hydrogens is 356 g/mol. The Balaban J connectivity index is 1.49. The zero-order valence-corrected chi connectivity index (χ0v) is 15.9. The van der Waals surface area contributed by atoms with Crippen LogP contribution in [-0.4, -0.2) is 43.6 Å². The lowest BCUT2D eigenvalue weighted by atomic mass is 10.1. The molecule has 8 nitrogen and oxygen atoms in total. The zero-order valence-electron chi connectivity index (χ0n) is 15.9. The standard InChI is InChI=1S/C20H24N6O2/c1-2-7-25-14-18(3-4-19(25)27)26-13-16(12-23-26)15-10-21-20(22-11-15)24-17-5-8-28-9-6-17/h3-4,10-14,17H,2,5-9H2,1H3,(H,21,22,24). The molecule has 0 spiro atoms. The van der Waals surface area contributed by atoms with Crippen molar-refractivity contribution in [3.05, 3.63) is 53.5 Å². The molecule has 0 atom stereocenters. The third-order valence-corrected chi connectivity index (χ3v) is 4.82. The number of rotatable bonds is 6. The van der Waals surface area contributed by atoms with E-state index in [-0.39, 0.29) is 5.56 Å². The fraction of sp³-hybridized carbons (Fsp3) is 0.400. The van der Waals surface area contributed by atoms with Crippen molar-refractivity contribution >= 4 is 5.95 Å². The molecule has 0 aliphatic carbocycles. The SMILES string of the molecule is CCCn1cc(-n2cc(-c3cnc(NC4CCOCC4)nc3)cn2)ccc1=O. The highest BCUT2D eigenvalue weighted by Crippen LogP contribution is 2.20. The summed E-state index contributed by atoms with van der Waals surface area (Å²) in [4.78, 5) is 20.8. The summed E-state index contributed by atoms with van der Waals surface area (Å²) >= 11 is 0. The summed E-state index contributed by atoms with van der Waals surface area (Å²) in [5.74, 6) is 0.634. The van der Waals surface area contributed by atoms with E-state index in [0.29, 0.717) is 18.5 Å². The molecule has 0 radical (unpaired) electrons. The summed E-state index contributed by atoms with van der Waals surface area (Å²) in [5, 5.41) is 7.78. The van der Waals surface area contributed by atoms with E-state index in [1.807, 2.05) is 19.3 Å². The number of aryl methyl sites for hydroxylation is 1.